The zero-order valence-corrected chi connectivity index (χ0v) is 17.4. The molecule has 1 aromatic heterocycles. The van der Waals surface area contributed by atoms with E-state index in [4.69, 9.17) is 4.74 Å². The van der Waals surface area contributed by atoms with E-state index < -0.39 is 0 Å². The summed E-state index contributed by atoms with van der Waals surface area (Å²) in [4.78, 5) is 8.92. The molecule has 0 bridgehead atoms. The van der Waals surface area contributed by atoms with Crippen molar-refractivity contribution in [3.05, 3.63) is 41.5 Å². The molecule has 0 amide bonds. The predicted octanol–water partition coefficient (Wildman–Crippen LogP) is 2.52. The third kappa shape index (κ3) is 5.03. The maximum Gasteiger partial charge on any atom is 0.191 e. The highest BCUT2D eigenvalue weighted by Crippen LogP contribution is 2.25. The van der Waals surface area contributed by atoms with Gasteiger partial charge in [-0.3, -0.25) is 4.99 Å². The van der Waals surface area contributed by atoms with Gasteiger partial charge in [-0.25, -0.2) is 9.67 Å². The number of fused-ring (bicyclic) bond motifs is 1. The van der Waals surface area contributed by atoms with Gasteiger partial charge in [0.2, 0.25) is 0 Å². The van der Waals surface area contributed by atoms with Gasteiger partial charge in [0.15, 0.2) is 11.8 Å². The van der Waals surface area contributed by atoms with Crippen LogP contribution in [-0.4, -0.2) is 47.0 Å². The van der Waals surface area contributed by atoms with Gasteiger partial charge in [-0.1, -0.05) is 39.0 Å². The molecule has 1 unspecified atom stereocenters. The van der Waals surface area contributed by atoms with Crippen LogP contribution in [0.1, 0.15) is 50.3 Å². The van der Waals surface area contributed by atoms with Gasteiger partial charge < -0.3 is 15.4 Å². The third-order valence-corrected chi connectivity index (χ3v) is 4.98. The Kier molecular flexibility index (Phi) is 6.90. The molecule has 7 heteroatoms. The molecule has 28 heavy (non-hydrogen) atoms. The van der Waals surface area contributed by atoms with Gasteiger partial charge >= 0.3 is 0 Å². The van der Waals surface area contributed by atoms with E-state index in [1.165, 1.54) is 5.56 Å². The Bertz CT molecular complexity index is 798. The minimum absolute atomic E-state index is 0.299. The van der Waals surface area contributed by atoms with Crippen LogP contribution in [-0.2, 0) is 19.4 Å². The second-order valence-electron chi connectivity index (χ2n) is 7.40. The summed E-state index contributed by atoms with van der Waals surface area (Å²) in [6.07, 6.45) is 2.85. The first-order chi connectivity index (χ1) is 13.6. The molecule has 0 radical (unpaired) electrons. The molecular formula is C21H32N6O. The van der Waals surface area contributed by atoms with Crippen LogP contribution in [0.15, 0.2) is 29.3 Å². The SMILES string of the molecule is CCc1nc2n(n1)CC(NC(=NC)NCCOc1ccccc1C(C)C)CC2. The van der Waals surface area contributed by atoms with Crippen LogP contribution in [0.25, 0.3) is 0 Å². The number of benzene rings is 1. The summed E-state index contributed by atoms with van der Waals surface area (Å²) < 4.78 is 8.00. The van der Waals surface area contributed by atoms with E-state index in [0.29, 0.717) is 25.1 Å². The van der Waals surface area contributed by atoms with E-state index in [2.05, 4.69) is 58.6 Å². The van der Waals surface area contributed by atoms with E-state index in [-0.39, 0.29) is 0 Å². The van der Waals surface area contributed by atoms with Gasteiger partial charge in [0, 0.05) is 25.9 Å². The lowest BCUT2D eigenvalue weighted by molar-refractivity contribution is 0.316. The summed E-state index contributed by atoms with van der Waals surface area (Å²) in [5, 5.41) is 11.4. The normalized spacial score (nSPS) is 16.8. The van der Waals surface area contributed by atoms with Crippen LogP contribution in [0.2, 0.25) is 0 Å². The highest BCUT2D eigenvalue weighted by molar-refractivity contribution is 5.79. The van der Waals surface area contributed by atoms with E-state index in [1.54, 1.807) is 7.05 Å². The first-order valence-corrected chi connectivity index (χ1v) is 10.2. The number of ether oxygens (including phenoxy) is 1. The molecule has 3 rings (SSSR count). The van der Waals surface area contributed by atoms with Crippen LogP contribution in [0, 0.1) is 0 Å². The van der Waals surface area contributed by atoms with Crippen molar-refractivity contribution in [3.8, 4) is 5.75 Å². The molecule has 0 spiro atoms. The summed E-state index contributed by atoms with van der Waals surface area (Å²) in [6.45, 7) is 8.54. The minimum Gasteiger partial charge on any atom is -0.491 e. The fourth-order valence-corrected chi connectivity index (χ4v) is 3.44. The van der Waals surface area contributed by atoms with Gasteiger partial charge in [0.1, 0.15) is 18.2 Å². The smallest absolute Gasteiger partial charge is 0.191 e. The van der Waals surface area contributed by atoms with Crippen LogP contribution in [0.5, 0.6) is 5.75 Å². The Morgan fingerprint density at radius 3 is 2.93 bits per heavy atom. The molecule has 152 valence electrons. The molecule has 1 atom stereocenters. The van der Waals surface area contributed by atoms with Crippen LogP contribution < -0.4 is 15.4 Å². The van der Waals surface area contributed by atoms with E-state index >= 15 is 0 Å². The van der Waals surface area contributed by atoms with Gasteiger partial charge in [0.25, 0.3) is 0 Å². The Morgan fingerprint density at radius 1 is 1.36 bits per heavy atom. The molecule has 1 aliphatic heterocycles. The third-order valence-electron chi connectivity index (χ3n) is 4.98. The monoisotopic (exact) mass is 384 g/mol. The number of aromatic nitrogens is 3. The quantitative estimate of drug-likeness (QED) is 0.436. The van der Waals surface area contributed by atoms with E-state index in [9.17, 15) is 0 Å². The Balaban J connectivity index is 1.45. The summed E-state index contributed by atoms with van der Waals surface area (Å²) >= 11 is 0. The lowest BCUT2D eigenvalue weighted by Gasteiger charge is -2.25. The van der Waals surface area contributed by atoms with Crippen molar-refractivity contribution in [1.29, 1.82) is 0 Å². The minimum atomic E-state index is 0.299. The summed E-state index contributed by atoms with van der Waals surface area (Å²) in [7, 11) is 1.79. The maximum atomic E-state index is 5.98. The zero-order chi connectivity index (χ0) is 19.9. The number of guanidine groups is 1. The first kappa shape index (κ1) is 20.2. The van der Waals surface area contributed by atoms with E-state index in [1.807, 2.05) is 16.8 Å². The molecular weight excluding hydrogens is 352 g/mol. The summed E-state index contributed by atoms with van der Waals surface area (Å²) in [6, 6.07) is 8.53. The Hall–Kier alpha value is -2.57. The standard InChI is InChI=1S/C21H32N6O/c1-5-19-25-20-11-10-16(14-27(20)26-19)24-21(22-4)23-12-13-28-18-9-7-6-8-17(18)15(2)3/h6-9,15-16H,5,10-14H2,1-4H3,(H2,22,23,24). The average molecular weight is 385 g/mol. The highest BCUT2D eigenvalue weighted by Gasteiger charge is 2.22. The number of hydrogen-bond donors (Lipinski definition) is 2. The zero-order valence-electron chi connectivity index (χ0n) is 17.4. The van der Waals surface area contributed by atoms with Gasteiger partial charge in [-0.05, 0) is 24.0 Å². The lowest BCUT2D eigenvalue weighted by Crippen LogP contribution is -2.47. The predicted molar refractivity (Wildman–Crippen MR) is 112 cm³/mol. The van der Waals surface area contributed by atoms with Gasteiger partial charge in [0.05, 0.1) is 13.1 Å². The molecule has 0 saturated heterocycles. The molecule has 7 nitrogen and oxygen atoms in total. The topological polar surface area (TPSA) is 76.4 Å². The number of hydrogen-bond acceptors (Lipinski definition) is 4. The Morgan fingerprint density at radius 2 is 2.18 bits per heavy atom. The van der Waals surface area contributed by atoms with Crippen LogP contribution >= 0.6 is 0 Å². The summed E-state index contributed by atoms with van der Waals surface area (Å²) in [5.41, 5.74) is 1.24. The number of nitrogens with zero attached hydrogens (tertiary/aromatic N) is 4. The van der Waals surface area contributed by atoms with Crippen molar-refractivity contribution in [1.82, 2.24) is 25.4 Å². The van der Waals surface area contributed by atoms with Crippen LogP contribution in [0.4, 0.5) is 0 Å². The Labute approximate surface area is 167 Å². The molecule has 0 fully saturated rings. The second-order valence-corrected chi connectivity index (χ2v) is 7.40. The van der Waals surface area contributed by atoms with Crippen molar-refractivity contribution in [2.45, 2.75) is 58.5 Å². The highest BCUT2D eigenvalue weighted by atomic mass is 16.5. The van der Waals surface area contributed by atoms with Crippen molar-refractivity contribution in [3.63, 3.8) is 0 Å². The van der Waals surface area contributed by atoms with Crippen molar-refractivity contribution in [2.24, 2.45) is 4.99 Å². The molecule has 2 heterocycles. The van der Waals surface area contributed by atoms with Crippen molar-refractivity contribution in [2.75, 3.05) is 20.2 Å². The van der Waals surface area contributed by atoms with Gasteiger partial charge in [-0.15, -0.1) is 0 Å². The molecule has 2 N–H and O–H groups in total. The fourth-order valence-electron chi connectivity index (χ4n) is 3.44. The molecule has 0 saturated carbocycles. The number of para-hydroxylation sites is 1. The maximum absolute atomic E-state index is 5.98. The van der Waals surface area contributed by atoms with Crippen molar-refractivity contribution >= 4 is 5.96 Å². The number of aliphatic imine (C=N–C) groups is 1. The average Bonchev–Trinajstić information content (AvgIpc) is 3.13. The second kappa shape index (κ2) is 9.57. The van der Waals surface area contributed by atoms with Gasteiger partial charge in [-0.2, -0.15) is 5.10 Å². The largest absolute Gasteiger partial charge is 0.491 e. The first-order valence-electron chi connectivity index (χ1n) is 10.2. The number of rotatable bonds is 7. The fraction of sp³-hybridized carbons (Fsp3) is 0.571. The molecule has 0 aliphatic carbocycles. The van der Waals surface area contributed by atoms with E-state index in [0.717, 1.165) is 49.2 Å². The number of aryl methyl sites for hydroxylation is 2. The molecule has 2 aromatic rings. The number of nitrogens with one attached hydrogen (secondary N) is 2. The lowest BCUT2D eigenvalue weighted by atomic mass is 10.0. The molecule has 1 aromatic carbocycles. The van der Waals surface area contributed by atoms with Crippen molar-refractivity contribution < 1.29 is 4.74 Å². The summed E-state index contributed by atoms with van der Waals surface area (Å²) in [5.74, 6) is 4.22. The molecule has 1 aliphatic rings. The van der Waals surface area contributed by atoms with Crippen LogP contribution in [0.3, 0.4) is 0 Å².